The third-order valence-corrected chi connectivity index (χ3v) is 4.45. The van der Waals surface area contributed by atoms with E-state index in [9.17, 15) is 9.59 Å². The molecule has 0 aliphatic heterocycles. The monoisotopic (exact) mass is 412 g/mol. The maximum absolute atomic E-state index is 12.8. The minimum Gasteiger partial charge on any atom is -0.497 e. The molecule has 0 unspecified atom stereocenters. The SMILES string of the molecule is COc1ccc(C=C(NC(=O)C=Cc2ccccc2)C(=O)NCc2ccccc2)cc1. The van der Waals surface area contributed by atoms with Gasteiger partial charge in [0, 0.05) is 12.6 Å². The van der Waals surface area contributed by atoms with Crippen LogP contribution in [0.4, 0.5) is 0 Å². The van der Waals surface area contributed by atoms with Gasteiger partial charge in [0.1, 0.15) is 11.4 Å². The summed E-state index contributed by atoms with van der Waals surface area (Å²) in [6.07, 6.45) is 4.73. The Morgan fingerprint density at radius 1 is 0.839 bits per heavy atom. The van der Waals surface area contributed by atoms with Gasteiger partial charge in [0.25, 0.3) is 5.91 Å². The number of hydrogen-bond acceptors (Lipinski definition) is 3. The normalized spacial score (nSPS) is 11.2. The lowest BCUT2D eigenvalue weighted by molar-refractivity contribution is -0.121. The van der Waals surface area contributed by atoms with Crippen LogP contribution in [0, 0.1) is 0 Å². The summed E-state index contributed by atoms with van der Waals surface area (Å²) in [6, 6.07) is 26.3. The molecule has 3 rings (SSSR count). The van der Waals surface area contributed by atoms with Crippen LogP contribution in [-0.2, 0) is 16.1 Å². The molecule has 0 spiro atoms. The van der Waals surface area contributed by atoms with Crippen LogP contribution >= 0.6 is 0 Å². The Kier molecular flexibility index (Phi) is 7.77. The highest BCUT2D eigenvalue weighted by Gasteiger charge is 2.12. The van der Waals surface area contributed by atoms with E-state index in [-0.39, 0.29) is 11.6 Å². The van der Waals surface area contributed by atoms with E-state index < -0.39 is 5.91 Å². The van der Waals surface area contributed by atoms with Gasteiger partial charge in [-0.1, -0.05) is 72.8 Å². The highest BCUT2D eigenvalue weighted by atomic mass is 16.5. The third-order valence-electron chi connectivity index (χ3n) is 4.45. The zero-order valence-electron chi connectivity index (χ0n) is 17.2. The van der Waals surface area contributed by atoms with Crippen molar-refractivity contribution < 1.29 is 14.3 Å². The molecule has 156 valence electrons. The van der Waals surface area contributed by atoms with Crippen molar-refractivity contribution in [1.29, 1.82) is 0 Å². The lowest BCUT2D eigenvalue weighted by Crippen LogP contribution is -2.33. The first-order valence-electron chi connectivity index (χ1n) is 9.86. The number of amides is 2. The largest absolute Gasteiger partial charge is 0.497 e. The summed E-state index contributed by atoms with van der Waals surface area (Å²) in [5.41, 5.74) is 2.78. The van der Waals surface area contributed by atoms with Crippen LogP contribution in [0.25, 0.3) is 12.2 Å². The van der Waals surface area contributed by atoms with E-state index in [2.05, 4.69) is 10.6 Å². The Morgan fingerprint density at radius 3 is 2.13 bits per heavy atom. The second-order valence-corrected chi connectivity index (χ2v) is 6.73. The van der Waals surface area contributed by atoms with Crippen molar-refractivity contribution in [1.82, 2.24) is 10.6 Å². The number of benzene rings is 3. The van der Waals surface area contributed by atoms with E-state index in [1.165, 1.54) is 6.08 Å². The summed E-state index contributed by atoms with van der Waals surface area (Å²) in [4.78, 5) is 25.3. The first-order valence-corrected chi connectivity index (χ1v) is 9.86. The van der Waals surface area contributed by atoms with E-state index in [0.717, 1.165) is 16.7 Å². The van der Waals surface area contributed by atoms with Crippen LogP contribution < -0.4 is 15.4 Å². The molecule has 0 bridgehead atoms. The van der Waals surface area contributed by atoms with E-state index in [0.29, 0.717) is 12.3 Å². The molecular formula is C26H24N2O3. The van der Waals surface area contributed by atoms with Gasteiger partial charge in [0.2, 0.25) is 5.91 Å². The Balaban J connectivity index is 1.75. The molecule has 2 N–H and O–H groups in total. The smallest absolute Gasteiger partial charge is 0.268 e. The molecule has 0 heterocycles. The molecule has 3 aromatic carbocycles. The Hall–Kier alpha value is -4.12. The number of carbonyl (C=O) groups is 2. The average molecular weight is 412 g/mol. The molecule has 0 saturated heterocycles. The van der Waals surface area contributed by atoms with E-state index >= 15 is 0 Å². The molecule has 2 amide bonds. The summed E-state index contributed by atoms with van der Waals surface area (Å²) in [6.45, 7) is 0.356. The molecule has 5 nitrogen and oxygen atoms in total. The van der Waals surface area contributed by atoms with Gasteiger partial charge in [-0.3, -0.25) is 9.59 Å². The standard InChI is InChI=1S/C26H24N2O3/c1-31-23-15-12-21(13-16-23)18-24(26(30)27-19-22-10-6-3-7-11-22)28-25(29)17-14-20-8-4-2-5-9-20/h2-18H,19H2,1H3,(H,27,30)(H,28,29). The molecule has 0 saturated carbocycles. The summed E-state index contributed by atoms with van der Waals surface area (Å²) < 4.78 is 5.17. The summed E-state index contributed by atoms with van der Waals surface area (Å²) in [5.74, 6) is -0.0540. The topological polar surface area (TPSA) is 67.4 Å². The second kappa shape index (κ2) is 11.2. The van der Waals surface area contributed by atoms with Crippen LogP contribution in [0.5, 0.6) is 5.75 Å². The average Bonchev–Trinajstić information content (AvgIpc) is 2.82. The minimum absolute atomic E-state index is 0.156. The van der Waals surface area contributed by atoms with Gasteiger partial charge in [-0.2, -0.15) is 0 Å². The van der Waals surface area contributed by atoms with Crippen molar-refractivity contribution in [2.75, 3.05) is 7.11 Å². The number of methoxy groups -OCH3 is 1. The molecule has 0 aromatic heterocycles. The van der Waals surface area contributed by atoms with Gasteiger partial charge in [-0.05, 0) is 41.0 Å². The lowest BCUT2D eigenvalue weighted by atomic mass is 10.1. The van der Waals surface area contributed by atoms with Crippen LogP contribution in [0.2, 0.25) is 0 Å². The molecule has 0 radical (unpaired) electrons. The van der Waals surface area contributed by atoms with Crippen molar-refractivity contribution >= 4 is 24.0 Å². The highest BCUT2D eigenvalue weighted by molar-refractivity contribution is 6.04. The second-order valence-electron chi connectivity index (χ2n) is 6.73. The van der Waals surface area contributed by atoms with Crippen molar-refractivity contribution in [3.8, 4) is 5.75 Å². The van der Waals surface area contributed by atoms with Crippen LogP contribution in [0.1, 0.15) is 16.7 Å². The van der Waals surface area contributed by atoms with Gasteiger partial charge in [-0.15, -0.1) is 0 Å². The predicted octanol–water partition coefficient (Wildman–Crippen LogP) is 4.18. The van der Waals surface area contributed by atoms with Gasteiger partial charge < -0.3 is 15.4 Å². The van der Waals surface area contributed by atoms with Crippen LogP contribution in [0.15, 0.2) is 96.7 Å². The summed E-state index contributed by atoms with van der Waals surface area (Å²) in [7, 11) is 1.59. The summed E-state index contributed by atoms with van der Waals surface area (Å²) >= 11 is 0. The van der Waals surface area contributed by atoms with E-state index in [1.54, 1.807) is 31.4 Å². The molecule has 3 aromatic rings. The molecule has 0 atom stereocenters. The molecule has 31 heavy (non-hydrogen) atoms. The Bertz CT molecular complexity index is 1060. The molecule has 5 heteroatoms. The Labute approximate surface area is 182 Å². The number of rotatable bonds is 8. The number of carbonyl (C=O) groups excluding carboxylic acids is 2. The fraction of sp³-hybridized carbons (Fsp3) is 0.0769. The van der Waals surface area contributed by atoms with Gasteiger partial charge in [0.15, 0.2) is 0 Å². The fourth-order valence-electron chi connectivity index (χ4n) is 2.81. The van der Waals surface area contributed by atoms with Crippen molar-refractivity contribution in [3.05, 3.63) is 113 Å². The van der Waals surface area contributed by atoms with Gasteiger partial charge in [0.05, 0.1) is 7.11 Å². The first kappa shape index (κ1) is 21.6. The highest BCUT2D eigenvalue weighted by Crippen LogP contribution is 2.14. The van der Waals surface area contributed by atoms with Crippen molar-refractivity contribution in [2.24, 2.45) is 0 Å². The number of hydrogen-bond donors (Lipinski definition) is 2. The van der Waals surface area contributed by atoms with Gasteiger partial charge in [-0.25, -0.2) is 0 Å². The quantitative estimate of drug-likeness (QED) is 0.546. The maximum atomic E-state index is 12.8. The van der Waals surface area contributed by atoms with E-state index in [1.807, 2.05) is 72.8 Å². The van der Waals surface area contributed by atoms with Crippen molar-refractivity contribution in [2.45, 2.75) is 6.54 Å². The van der Waals surface area contributed by atoms with Crippen LogP contribution in [0.3, 0.4) is 0 Å². The predicted molar refractivity (Wildman–Crippen MR) is 123 cm³/mol. The van der Waals surface area contributed by atoms with Crippen molar-refractivity contribution in [3.63, 3.8) is 0 Å². The minimum atomic E-state index is -0.390. The molecule has 0 aliphatic carbocycles. The molecule has 0 aliphatic rings. The van der Waals surface area contributed by atoms with Gasteiger partial charge >= 0.3 is 0 Å². The van der Waals surface area contributed by atoms with E-state index in [4.69, 9.17) is 4.74 Å². The first-order chi connectivity index (χ1) is 15.1. The van der Waals surface area contributed by atoms with Crippen LogP contribution in [-0.4, -0.2) is 18.9 Å². The fourth-order valence-corrected chi connectivity index (χ4v) is 2.81. The molecular weight excluding hydrogens is 388 g/mol. The maximum Gasteiger partial charge on any atom is 0.268 e. The summed E-state index contributed by atoms with van der Waals surface area (Å²) in [5, 5.41) is 5.54. The zero-order valence-corrected chi connectivity index (χ0v) is 17.2. The zero-order chi connectivity index (χ0) is 21.9. The third kappa shape index (κ3) is 7.01. The number of nitrogens with one attached hydrogen (secondary N) is 2. The lowest BCUT2D eigenvalue weighted by Gasteiger charge is -2.10. The Morgan fingerprint density at radius 2 is 1.48 bits per heavy atom. The number of ether oxygens (including phenoxy) is 1. The molecule has 0 fully saturated rings.